The Morgan fingerprint density at radius 2 is 2.06 bits per heavy atom. The summed E-state index contributed by atoms with van der Waals surface area (Å²) in [6.45, 7) is 6.62. The molecule has 3 atom stereocenters. The van der Waals surface area contributed by atoms with Gasteiger partial charge in [0.1, 0.15) is 5.75 Å². The van der Waals surface area contributed by atoms with Crippen molar-refractivity contribution in [1.29, 1.82) is 0 Å². The third kappa shape index (κ3) is 2.81. The highest BCUT2D eigenvalue weighted by atomic mass is 16.6. The molecule has 0 amide bonds. The van der Waals surface area contributed by atoms with Gasteiger partial charge in [0, 0.05) is 0 Å². The zero-order chi connectivity index (χ0) is 12.4. The summed E-state index contributed by atoms with van der Waals surface area (Å²) in [6.07, 6.45) is 3.07. The van der Waals surface area contributed by atoms with E-state index in [1.165, 1.54) is 11.1 Å². The van der Waals surface area contributed by atoms with Gasteiger partial charge in [0.05, 0.1) is 19.3 Å². The van der Waals surface area contributed by atoms with Crippen LogP contribution in [0.25, 0.3) is 0 Å². The van der Waals surface area contributed by atoms with Crippen LogP contribution in [0.2, 0.25) is 0 Å². The lowest BCUT2D eigenvalue weighted by Gasteiger charge is -2.13. The van der Waals surface area contributed by atoms with Gasteiger partial charge in [-0.2, -0.15) is 0 Å². The molecule has 2 heteroatoms. The fourth-order valence-corrected chi connectivity index (χ4v) is 2.52. The van der Waals surface area contributed by atoms with Gasteiger partial charge in [-0.05, 0) is 48.9 Å². The summed E-state index contributed by atoms with van der Waals surface area (Å²) in [5, 5.41) is 0. The van der Waals surface area contributed by atoms with Crippen molar-refractivity contribution in [3.63, 3.8) is 0 Å². The largest absolute Gasteiger partial charge is 0.497 e. The molecule has 1 fully saturated rings. The van der Waals surface area contributed by atoms with Gasteiger partial charge in [-0.3, -0.25) is 0 Å². The zero-order valence-corrected chi connectivity index (χ0v) is 11.2. The maximum atomic E-state index is 5.54. The van der Waals surface area contributed by atoms with Gasteiger partial charge in [-0.1, -0.05) is 19.9 Å². The van der Waals surface area contributed by atoms with E-state index in [2.05, 4.69) is 39.0 Å². The standard InChI is InChI=1S/C15H22O2/c1-5-12-9-14(16-4)7-6-13(12)8-10(2)15-11(3)17-15/h6-7,9-11,15H,5,8H2,1-4H3. The van der Waals surface area contributed by atoms with Crippen molar-refractivity contribution in [1.82, 2.24) is 0 Å². The van der Waals surface area contributed by atoms with Crippen LogP contribution in [0.3, 0.4) is 0 Å². The lowest BCUT2D eigenvalue weighted by Crippen LogP contribution is -2.10. The maximum Gasteiger partial charge on any atom is 0.119 e. The Labute approximate surface area is 104 Å². The molecule has 1 heterocycles. The molecule has 0 spiro atoms. The lowest BCUT2D eigenvalue weighted by atomic mass is 9.92. The van der Waals surface area contributed by atoms with Gasteiger partial charge < -0.3 is 9.47 Å². The number of ether oxygens (including phenoxy) is 2. The number of aryl methyl sites for hydroxylation is 1. The molecule has 0 aliphatic carbocycles. The SMILES string of the molecule is CCc1cc(OC)ccc1CC(C)C1OC1C. The second-order valence-corrected chi connectivity index (χ2v) is 4.98. The minimum absolute atomic E-state index is 0.452. The van der Waals surface area contributed by atoms with E-state index in [-0.39, 0.29) is 0 Å². The smallest absolute Gasteiger partial charge is 0.119 e. The molecule has 0 N–H and O–H groups in total. The van der Waals surface area contributed by atoms with Crippen LogP contribution < -0.4 is 4.74 Å². The van der Waals surface area contributed by atoms with Gasteiger partial charge >= 0.3 is 0 Å². The number of methoxy groups -OCH3 is 1. The second kappa shape index (κ2) is 5.09. The molecular formula is C15H22O2. The molecule has 1 aliphatic heterocycles. The molecular weight excluding hydrogens is 212 g/mol. The first-order chi connectivity index (χ1) is 8.15. The Morgan fingerprint density at radius 3 is 2.59 bits per heavy atom. The summed E-state index contributed by atoms with van der Waals surface area (Å²) in [6, 6.07) is 6.40. The van der Waals surface area contributed by atoms with E-state index in [0.717, 1.165) is 18.6 Å². The van der Waals surface area contributed by atoms with E-state index in [4.69, 9.17) is 9.47 Å². The summed E-state index contributed by atoms with van der Waals surface area (Å²) < 4.78 is 10.8. The van der Waals surface area contributed by atoms with Gasteiger partial charge in [-0.25, -0.2) is 0 Å². The van der Waals surface area contributed by atoms with E-state index >= 15 is 0 Å². The van der Waals surface area contributed by atoms with Crippen molar-refractivity contribution in [2.45, 2.75) is 45.8 Å². The van der Waals surface area contributed by atoms with Crippen LogP contribution >= 0.6 is 0 Å². The normalized spacial score (nSPS) is 24.5. The van der Waals surface area contributed by atoms with Gasteiger partial charge in [0.25, 0.3) is 0 Å². The van der Waals surface area contributed by atoms with E-state index < -0.39 is 0 Å². The number of hydrogen-bond donors (Lipinski definition) is 0. The molecule has 1 aromatic carbocycles. The monoisotopic (exact) mass is 234 g/mol. The number of rotatable bonds is 5. The Balaban J connectivity index is 2.09. The van der Waals surface area contributed by atoms with Crippen LogP contribution in [0.4, 0.5) is 0 Å². The molecule has 0 aromatic heterocycles. The first kappa shape index (κ1) is 12.4. The van der Waals surface area contributed by atoms with Crippen LogP contribution in [0.5, 0.6) is 5.75 Å². The minimum Gasteiger partial charge on any atom is -0.497 e. The summed E-state index contributed by atoms with van der Waals surface area (Å²) >= 11 is 0. The summed E-state index contributed by atoms with van der Waals surface area (Å²) in [5.41, 5.74) is 2.83. The molecule has 1 aromatic rings. The third-order valence-corrected chi connectivity index (χ3v) is 3.65. The Morgan fingerprint density at radius 1 is 1.35 bits per heavy atom. The van der Waals surface area contributed by atoms with Gasteiger partial charge in [-0.15, -0.1) is 0 Å². The molecule has 1 aliphatic rings. The van der Waals surface area contributed by atoms with E-state index in [1.54, 1.807) is 7.11 Å². The number of benzene rings is 1. The molecule has 1 saturated heterocycles. The first-order valence-electron chi connectivity index (χ1n) is 6.47. The highest BCUT2D eigenvalue weighted by molar-refractivity contribution is 5.36. The Hall–Kier alpha value is -1.02. The third-order valence-electron chi connectivity index (χ3n) is 3.65. The zero-order valence-electron chi connectivity index (χ0n) is 11.2. The minimum atomic E-state index is 0.452. The van der Waals surface area contributed by atoms with E-state index in [0.29, 0.717) is 18.1 Å². The maximum absolute atomic E-state index is 5.54. The Kier molecular flexibility index (Phi) is 3.72. The van der Waals surface area contributed by atoms with Crippen LogP contribution in [-0.2, 0) is 17.6 Å². The second-order valence-electron chi connectivity index (χ2n) is 4.98. The number of epoxide rings is 1. The van der Waals surface area contributed by atoms with Crippen LogP contribution in [0, 0.1) is 5.92 Å². The fraction of sp³-hybridized carbons (Fsp3) is 0.600. The molecule has 0 saturated carbocycles. The van der Waals surface area contributed by atoms with E-state index in [9.17, 15) is 0 Å². The lowest BCUT2D eigenvalue weighted by molar-refractivity contribution is 0.328. The van der Waals surface area contributed by atoms with Crippen molar-refractivity contribution < 1.29 is 9.47 Å². The fourth-order valence-electron chi connectivity index (χ4n) is 2.52. The van der Waals surface area contributed by atoms with Crippen molar-refractivity contribution in [3.05, 3.63) is 29.3 Å². The molecule has 2 nitrogen and oxygen atoms in total. The highest BCUT2D eigenvalue weighted by Gasteiger charge is 2.38. The summed E-state index contributed by atoms with van der Waals surface area (Å²) in [7, 11) is 1.72. The van der Waals surface area contributed by atoms with Gasteiger partial charge in [0.2, 0.25) is 0 Å². The molecule has 0 bridgehead atoms. The molecule has 2 rings (SSSR count). The first-order valence-corrected chi connectivity index (χ1v) is 6.47. The quantitative estimate of drug-likeness (QED) is 0.730. The van der Waals surface area contributed by atoms with Crippen molar-refractivity contribution in [2.24, 2.45) is 5.92 Å². The molecule has 17 heavy (non-hydrogen) atoms. The molecule has 0 radical (unpaired) electrons. The molecule has 94 valence electrons. The Bertz CT molecular complexity index is 387. The van der Waals surface area contributed by atoms with Crippen LogP contribution in [0.1, 0.15) is 31.9 Å². The van der Waals surface area contributed by atoms with Crippen LogP contribution in [0.15, 0.2) is 18.2 Å². The predicted octanol–water partition coefficient (Wildman–Crippen LogP) is 3.22. The van der Waals surface area contributed by atoms with Crippen molar-refractivity contribution in [3.8, 4) is 5.75 Å². The molecule has 3 unspecified atom stereocenters. The number of hydrogen-bond acceptors (Lipinski definition) is 2. The highest BCUT2D eigenvalue weighted by Crippen LogP contribution is 2.32. The van der Waals surface area contributed by atoms with Gasteiger partial charge in [0.15, 0.2) is 0 Å². The average Bonchev–Trinajstić information content (AvgIpc) is 3.07. The van der Waals surface area contributed by atoms with Crippen molar-refractivity contribution in [2.75, 3.05) is 7.11 Å². The van der Waals surface area contributed by atoms with Crippen molar-refractivity contribution >= 4 is 0 Å². The van der Waals surface area contributed by atoms with Crippen LogP contribution in [-0.4, -0.2) is 19.3 Å². The predicted molar refractivity (Wildman–Crippen MR) is 69.6 cm³/mol. The average molecular weight is 234 g/mol. The summed E-state index contributed by atoms with van der Waals surface area (Å²) in [5.74, 6) is 1.55. The summed E-state index contributed by atoms with van der Waals surface area (Å²) in [4.78, 5) is 0. The van der Waals surface area contributed by atoms with E-state index in [1.807, 2.05) is 0 Å². The topological polar surface area (TPSA) is 21.8 Å².